The Hall–Kier alpha value is -2.08. The van der Waals surface area contributed by atoms with E-state index in [0.717, 1.165) is 11.8 Å². The van der Waals surface area contributed by atoms with Gasteiger partial charge in [0.15, 0.2) is 11.6 Å². The molecule has 0 spiro atoms. The van der Waals surface area contributed by atoms with E-state index in [9.17, 15) is 13.6 Å². The first-order chi connectivity index (χ1) is 10.0. The Bertz CT molecular complexity index is 742. The molecule has 1 aliphatic rings. The summed E-state index contributed by atoms with van der Waals surface area (Å²) < 4.78 is 26.9. The SMILES string of the molecule is Cc1nc2c(c(=O)[nH]1)CN(Cc1cccc(F)c1F)CC2. The van der Waals surface area contributed by atoms with Gasteiger partial charge in [-0.05, 0) is 13.0 Å². The van der Waals surface area contributed by atoms with Crippen molar-refractivity contribution in [3.63, 3.8) is 0 Å². The van der Waals surface area contributed by atoms with Crippen molar-refractivity contribution in [2.24, 2.45) is 0 Å². The molecule has 0 atom stereocenters. The van der Waals surface area contributed by atoms with Crippen molar-refractivity contribution in [3.05, 3.63) is 62.8 Å². The van der Waals surface area contributed by atoms with Gasteiger partial charge in [0.2, 0.25) is 0 Å². The Kier molecular flexibility index (Phi) is 3.55. The lowest BCUT2D eigenvalue weighted by Gasteiger charge is -2.27. The Morgan fingerprint density at radius 3 is 3.00 bits per heavy atom. The van der Waals surface area contributed by atoms with Gasteiger partial charge in [0.25, 0.3) is 5.56 Å². The topological polar surface area (TPSA) is 49.0 Å². The molecule has 0 fully saturated rings. The minimum atomic E-state index is -0.847. The van der Waals surface area contributed by atoms with Crippen LogP contribution in [0.5, 0.6) is 0 Å². The van der Waals surface area contributed by atoms with Crippen molar-refractivity contribution < 1.29 is 8.78 Å². The van der Waals surface area contributed by atoms with E-state index in [2.05, 4.69) is 9.97 Å². The van der Waals surface area contributed by atoms with E-state index in [4.69, 9.17) is 0 Å². The molecule has 0 saturated carbocycles. The highest BCUT2D eigenvalue weighted by atomic mass is 19.2. The zero-order valence-corrected chi connectivity index (χ0v) is 11.6. The molecule has 4 nitrogen and oxygen atoms in total. The van der Waals surface area contributed by atoms with Gasteiger partial charge >= 0.3 is 0 Å². The zero-order valence-electron chi connectivity index (χ0n) is 11.6. The van der Waals surface area contributed by atoms with Crippen LogP contribution in [-0.2, 0) is 19.5 Å². The molecule has 6 heteroatoms. The predicted molar refractivity (Wildman–Crippen MR) is 73.8 cm³/mol. The summed E-state index contributed by atoms with van der Waals surface area (Å²) in [5.41, 5.74) is 1.56. The van der Waals surface area contributed by atoms with Gasteiger partial charge in [-0.3, -0.25) is 9.69 Å². The molecule has 21 heavy (non-hydrogen) atoms. The van der Waals surface area contributed by atoms with Crippen molar-refractivity contribution >= 4 is 0 Å². The fraction of sp³-hybridized carbons (Fsp3) is 0.333. The van der Waals surface area contributed by atoms with Crippen LogP contribution in [0.15, 0.2) is 23.0 Å². The molecule has 0 unspecified atom stereocenters. The Labute approximate surface area is 120 Å². The monoisotopic (exact) mass is 291 g/mol. The Morgan fingerprint density at radius 1 is 1.38 bits per heavy atom. The fourth-order valence-electron chi connectivity index (χ4n) is 2.65. The van der Waals surface area contributed by atoms with Crippen LogP contribution < -0.4 is 5.56 Å². The molecule has 110 valence electrons. The second kappa shape index (κ2) is 5.37. The van der Waals surface area contributed by atoms with E-state index in [0.29, 0.717) is 36.5 Å². The summed E-state index contributed by atoms with van der Waals surface area (Å²) in [7, 11) is 0. The van der Waals surface area contributed by atoms with Gasteiger partial charge in [-0.1, -0.05) is 12.1 Å². The number of rotatable bonds is 2. The zero-order chi connectivity index (χ0) is 15.0. The van der Waals surface area contributed by atoms with Gasteiger partial charge in [-0.25, -0.2) is 13.8 Å². The summed E-state index contributed by atoms with van der Waals surface area (Å²) in [5.74, 6) is -1.07. The normalized spacial score (nSPS) is 15.0. The average molecular weight is 291 g/mol. The molecule has 1 aromatic heterocycles. The van der Waals surface area contributed by atoms with Gasteiger partial charge < -0.3 is 4.98 Å². The molecule has 0 radical (unpaired) electrons. The summed E-state index contributed by atoms with van der Waals surface area (Å²) >= 11 is 0. The van der Waals surface area contributed by atoms with Crippen LogP contribution in [0.4, 0.5) is 8.78 Å². The minimum Gasteiger partial charge on any atom is -0.310 e. The average Bonchev–Trinajstić information content (AvgIpc) is 2.44. The van der Waals surface area contributed by atoms with E-state index in [1.807, 2.05) is 4.90 Å². The maximum atomic E-state index is 13.7. The summed E-state index contributed by atoms with van der Waals surface area (Å²) in [5, 5.41) is 0. The van der Waals surface area contributed by atoms with E-state index >= 15 is 0 Å². The van der Waals surface area contributed by atoms with Crippen molar-refractivity contribution in [2.75, 3.05) is 6.54 Å². The van der Waals surface area contributed by atoms with Crippen LogP contribution >= 0.6 is 0 Å². The fourth-order valence-corrected chi connectivity index (χ4v) is 2.65. The summed E-state index contributed by atoms with van der Waals surface area (Å²) in [6.07, 6.45) is 0.636. The third-order valence-electron chi connectivity index (χ3n) is 3.69. The largest absolute Gasteiger partial charge is 0.310 e. The third kappa shape index (κ3) is 2.71. The van der Waals surface area contributed by atoms with E-state index in [1.165, 1.54) is 6.07 Å². The second-order valence-electron chi connectivity index (χ2n) is 5.25. The van der Waals surface area contributed by atoms with Crippen molar-refractivity contribution in [3.8, 4) is 0 Å². The molecule has 0 bridgehead atoms. The van der Waals surface area contributed by atoms with Crippen LogP contribution in [0.25, 0.3) is 0 Å². The van der Waals surface area contributed by atoms with Crippen LogP contribution in [-0.4, -0.2) is 21.4 Å². The highest BCUT2D eigenvalue weighted by molar-refractivity contribution is 5.23. The van der Waals surface area contributed by atoms with Crippen LogP contribution in [0.1, 0.15) is 22.6 Å². The number of fused-ring (bicyclic) bond motifs is 1. The smallest absolute Gasteiger partial charge is 0.255 e. The first-order valence-corrected chi connectivity index (χ1v) is 6.78. The number of H-pyrrole nitrogens is 1. The molecule has 1 aromatic carbocycles. The first kappa shape index (κ1) is 13.9. The highest BCUT2D eigenvalue weighted by Crippen LogP contribution is 2.19. The minimum absolute atomic E-state index is 0.151. The van der Waals surface area contributed by atoms with Crippen molar-refractivity contribution in [1.29, 1.82) is 0 Å². The molecular formula is C15H15F2N3O. The number of nitrogens with one attached hydrogen (secondary N) is 1. The number of halogens is 2. The van der Waals surface area contributed by atoms with Crippen LogP contribution in [0.2, 0.25) is 0 Å². The molecular weight excluding hydrogens is 276 g/mol. The lowest BCUT2D eigenvalue weighted by Crippen LogP contribution is -2.35. The van der Waals surface area contributed by atoms with Gasteiger partial charge in [0.05, 0.1) is 11.3 Å². The molecule has 1 aliphatic heterocycles. The molecule has 0 amide bonds. The molecule has 3 rings (SSSR count). The molecule has 0 aliphatic carbocycles. The first-order valence-electron chi connectivity index (χ1n) is 6.78. The molecule has 0 saturated heterocycles. The van der Waals surface area contributed by atoms with Gasteiger partial charge in [-0.15, -0.1) is 0 Å². The molecule has 1 N–H and O–H groups in total. The quantitative estimate of drug-likeness (QED) is 0.919. The van der Waals surface area contributed by atoms with E-state index < -0.39 is 11.6 Å². The number of aromatic amines is 1. The third-order valence-corrected chi connectivity index (χ3v) is 3.69. The summed E-state index contributed by atoms with van der Waals surface area (Å²) in [4.78, 5) is 20.9. The Morgan fingerprint density at radius 2 is 2.19 bits per heavy atom. The number of hydrogen-bond donors (Lipinski definition) is 1. The number of benzene rings is 1. The summed E-state index contributed by atoms with van der Waals surface area (Å²) in [6, 6.07) is 4.15. The van der Waals surface area contributed by atoms with Gasteiger partial charge in [-0.2, -0.15) is 0 Å². The lowest BCUT2D eigenvalue weighted by molar-refractivity contribution is 0.237. The number of aryl methyl sites for hydroxylation is 1. The van der Waals surface area contributed by atoms with E-state index in [-0.39, 0.29) is 12.1 Å². The molecule has 2 aromatic rings. The standard InChI is InChI=1S/C15H15F2N3O/c1-9-18-13-5-6-20(8-11(13)15(21)19-9)7-10-3-2-4-12(16)14(10)17/h2-4H,5-8H2,1H3,(H,18,19,21). The number of aromatic nitrogens is 2. The predicted octanol–water partition coefficient (Wildman–Crippen LogP) is 1.91. The van der Waals surface area contributed by atoms with Gasteiger partial charge in [0, 0.05) is 31.6 Å². The van der Waals surface area contributed by atoms with E-state index in [1.54, 1.807) is 13.0 Å². The number of hydrogen-bond acceptors (Lipinski definition) is 3. The van der Waals surface area contributed by atoms with Gasteiger partial charge in [0.1, 0.15) is 5.82 Å². The maximum Gasteiger partial charge on any atom is 0.255 e. The number of nitrogens with zero attached hydrogens (tertiary/aromatic N) is 2. The Balaban J connectivity index is 1.84. The maximum absolute atomic E-state index is 13.7. The highest BCUT2D eigenvalue weighted by Gasteiger charge is 2.21. The molecule has 2 heterocycles. The summed E-state index contributed by atoms with van der Waals surface area (Å²) in [6.45, 7) is 3.08. The van der Waals surface area contributed by atoms with Crippen LogP contribution in [0.3, 0.4) is 0 Å². The lowest BCUT2D eigenvalue weighted by atomic mass is 10.1. The van der Waals surface area contributed by atoms with Crippen LogP contribution in [0, 0.1) is 18.6 Å². The van der Waals surface area contributed by atoms with Crippen molar-refractivity contribution in [2.45, 2.75) is 26.4 Å². The second-order valence-corrected chi connectivity index (χ2v) is 5.25. The van der Waals surface area contributed by atoms with Crippen molar-refractivity contribution in [1.82, 2.24) is 14.9 Å².